The molecule has 0 bridgehead atoms. The monoisotopic (exact) mass is 601 g/mol. The van der Waals surface area contributed by atoms with E-state index in [0.29, 0.717) is 11.7 Å². The van der Waals surface area contributed by atoms with Crippen LogP contribution in [0.4, 0.5) is 5.69 Å². The van der Waals surface area contributed by atoms with Gasteiger partial charge in [-0.15, -0.1) is 0 Å². The first-order valence-corrected chi connectivity index (χ1v) is 17.2. The van der Waals surface area contributed by atoms with Crippen LogP contribution in [0.3, 0.4) is 0 Å². The van der Waals surface area contributed by atoms with E-state index in [9.17, 15) is 14.4 Å². The molecule has 240 valence electrons. The Morgan fingerprint density at radius 2 is 1.52 bits per heavy atom. The number of ketones is 1. The van der Waals surface area contributed by atoms with Gasteiger partial charge in [0.1, 0.15) is 6.10 Å². The number of amides is 1. The molecule has 0 radical (unpaired) electrons. The summed E-state index contributed by atoms with van der Waals surface area (Å²) in [5.74, 6) is 0.664. The Bertz CT molecular complexity index is 1410. The van der Waals surface area contributed by atoms with Crippen molar-refractivity contribution >= 4 is 23.3 Å². The Morgan fingerprint density at radius 1 is 0.864 bits per heavy atom. The summed E-state index contributed by atoms with van der Waals surface area (Å²) in [5, 5.41) is 3.23. The van der Waals surface area contributed by atoms with E-state index in [-0.39, 0.29) is 56.9 Å². The summed E-state index contributed by atoms with van der Waals surface area (Å²) in [4.78, 5) is 40.5. The number of benzene rings is 1. The van der Waals surface area contributed by atoms with E-state index in [0.717, 1.165) is 63.5 Å². The van der Waals surface area contributed by atoms with Crippen LogP contribution in [0.2, 0.25) is 0 Å². The standard InChI is InChI=1S/C39H55NO4/c1-24-10-12-26(13-11-24)40-33(43)36(6)19-18-35(5)20-21-38(8)27(28(35)23-36)22-29(42)32-37(7)16-15-31(44-25(2)41)34(3,4)30(37)14-17-39(32,38)9/h10-13,22,28,30-32H,14-21,23H2,1-9H3,(H,40,43)/t28-,30+,31+,32+,35-,36+,37+,38+,39+/m0/s1. The van der Waals surface area contributed by atoms with Crippen LogP contribution in [0.25, 0.3) is 0 Å². The number of carbonyl (C=O) groups is 3. The highest BCUT2D eigenvalue weighted by Crippen LogP contribution is 2.75. The molecule has 6 rings (SSSR count). The first-order valence-electron chi connectivity index (χ1n) is 17.2. The Labute approximate surface area is 265 Å². The largest absolute Gasteiger partial charge is 0.462 e. The molecule has 1 aromatic carbocycles. The maximum Gasteiger partial charge on any atom is 0.302 e. The number of esters is 1. The molecule has 9 atom stereocenters. The summed E-state index contributed by atoms with van der Waals surface area (Å²) in [7, 11) is 0. The third-order valence-corrected chi connectivity index (χ3v) is 14.7. The molecule has 5 aliphatic rings. The number of hydrogen-bond acceptors (Lipinski definition) is 4. The van der Waals surface area contributed by atoms with E-state index in [1.165, 1.54) is 18.1 Å². The van der Waals surface area contributed by atoms with Crippen molar-refractivity contribution in [1.29, 1.82) is 0 Å². The summed E-state index contributed by atoms with van der Waals surface area (Å²) in [6.07, 6.45) is 10.6. The maximum atomic E-state index is 14.7. The van der Waals surface area contributed by atoms with Gasteiger partial charge in [0.25, 0.3) is 0 Å². The molecule has 0 unspecified atom stereocenters. The van der Waals surface area contributed by atoms with Crippen LogP contribution in [0.5, 0.6) is 0 Å². The summed E-state index contributed by atoms with van der Waals surface area (Å²) in [6, 6.07) is 8.05. The molecule has 0 saturated heterocycles. The summed E-state index contributed by atoms with van der Waals surface area (Å²) < 4.78 is 5.88. The van der Waals surface area contributed by atoms with Gasteiger partial charge in [0.15, 0.2) is 5.78 Å². The van der Waals surface area contributed by atoms with Crippen LogP contribution in [-0.4, -0.2) is 23.8 Å². The molecule has 4 fully saturated rings. The van der Waals surface area contributed by atoms with Crippen molar-refractivity contribution in [1.82, 2.24) is 0 Å². The van der Waals surface area contributed by atoms with E-state index in [1.807, 2.05) is 24.3 Å². The molecule has 0 aliphatic heterocycles. The number of nitrogens with one attached hydrogen (secondary N) is 1. The fraction of sp³-hybridized carbons (Fsp3) is 0.718. The minimum absolute atomic E-state index is 0.0516. The van der Waals surface area contributed by atoms with Gasteiger partial charge < -0.3 is 10.1 Å². The fourth-order valence-corrected chi connectivity index (χ4v) is 11.7. The molecule has 0 heterocycles. The molecule has 1 aromatic rings. The fourth-order valence-electron chi connectivity index (χ4n) is 11.7. The van der Waals surface area contributed by atoms with E-state index >= 15 is 0 Å². The summed E-state index contributed by atoms with van der Waals surface area (Å²) in [5.41, 5.74) is 2.39. The Kier molecular flexibility index (Phi) is 7.19. The number of ether oxygens (including phenoxy) is 1. The predicted molar refractivity (Wildman–Crippen MR) is 175 cm³/mol. The zero-order chi connectivity index (χ0) is 32.1. The van der Waals surface area contributed by atoms with Crippen LogP contribution >= 0.6 is 0 Å². The summed E-state index contributed by atoms with van der Waals surface area (Å²) >= 11 is 0. The van der Waals surface area contributed by atoms with Crippen LogP contribution in [-0.2, 0) is 19.1 Å². The van der Waals surface area contributed by atoms with Crippen molar-refractivity contribution in [3.8, 4) is 0 Å². The predicted octanol–water partition coefficient (Wildman–Crippen LogP) is 8.85. The number of carbonyl (C=O) groups excluding carboxylic acids is 3. The maximum absolute atomic E-state index is 14.7. The Hall–Kier alpha value is -2.43. The van der Waals surface area contributed by atoms with Crippen LogP contribution < -0.4 is 5.32 Å². The number of allylic oxidation sites excluding steroid dienone is 2. The van der Waals surface area contributed by atoms with Crippen molar-refractivity contribution < 1.29 is 19.1 Å². The lowest BCUT2D eigenvalue weighted by atomic mass is 9.33. The molecule has 4 saturated carbocycles. The molecular weight excluding hydrogens is 546 g/mol. The zero-order valence-electron chi connectivity index (χ0n) is 28.7. The number of anilines is 1. The van der Waals surface area contributed by atoms with Gasteiger partial charge in [-0.3, -0.25) is 14.4 Å². The van der Waals surface area contributed by atoms with Gasteiger partial charge in [0, 0.05) is 29.4 Å². The summed E-state index contributed by atoms with van der Waals surface area (Å²) in [6.45, 7) is 19.9. The van der Waals surface area contributed by atoms with E-state index in [1.54, 1.807) is 0 Å². The van der Waals surface area contributed by atoms with Crippen molar-refractivity contribution in [2.45, 2.75) is 126 Å². The van der Waals surface area contributed by atoms with Gasteiger partial charge in [0.2, 0.25) is 5.91 Å². The van der Waals surface area contributed by atoms with Crippen molar-refractivity contribution in [3.05, 3.63) is 41.5 Å². The molecule has 0 spiro atoms. The highest BCUT2D eigenvalue weighted by atomic mass is 16.5. The minimum atomic E-state index is -0.488. The van der Waals surface area contributed by atoms with Crippen molar-refractivity contribution in [2.75, 3.05) is 5.32 Å². The van der Waals surface area contributed by atoms with Crippen molar-refractivity contribution in [2.24, 2.45) is 50.2 Å². The highest BCUT2D eigenvalue weighted by Gasteiger charge is 2.70. The second-order valence-electron chi connectivity index (χ2n) is 17.5. The minimum Gasteiger partial charge on any atom is -0.462 e. The lowest BCUT2D eigenvalue weighted by Gasteiger charge is -2.70. The molecule has 1 N–H and O–H groups in total. The highest BCUT2D eigenvalue weighted by molar-refractivity contribution is 5.96. The third kappa shape index (κ3) is 4.41. The molecule has 1 amide bonds. The number of hydrogen-bond donors (Lipinski definition) is 1. The lowest BCUT2D eigenvalue weighted by molar-refractivity contribution is -0.210. The molecule has 0 aromatic heterocycles. The third-order valence-electron chi connectivity index (χ3n) is 14.7. The van der Waals surface area contributed by atoms with Gasteiger partial charge in [-0.2, -0.15) is 0 Å². The van der Waals surface area contributed by atoms with Crippen molar-refractivity contribution in [3.63, 3.8) is 0 Å². The molecular formula is C39H55NO4. The zero-order valence-corrected chi connectivity index (χ0v) is 28.7. The van der Waals surface area contributed by atoms with Gasteiger partial charge in [0.05, 0.1) is 0 Å². The van der Waals surface area contributed by atoms with Crippen LogP contribution in [0.1, 0.15) is 119 Å². The average molecular weight is 602 g/mol. The first kappa shape index (κ1) is 31.5. The van der Waals surface area contributed by atoms with Gasteiger partial charge >= 0.3 is 5.97 Å². The van der Waals surface area contributed by atoms with E-state index < -0.39 is 5.41 Å². The molecule has 44 heavy (non-hydrogen) atoms. The molecule has 5 aliphatic carbocycles. The van der Waals surface area contributed by atoms with Crippen LogP contribution in [0.15, 0.2) is 35.9 Å². The number of aryl methyl sites for hydroxylation is 1. The molecule has 5 heteroatoms. The molecule has 5 nitrogen and oxygen atoms in total. The lowest BCUT2D eigenvalue weighted by Crippen LogP contribution is -2.66. The Morgan fingerprint density at radius 3 is 2.18 bits per heavy atom. The normalized spacial score (nSPS) is 44.2. The van der Waals surface area contributed by atoms with E-state index in [2.05, 4.69) is 66.8 Å². The number of rotatable bonds is 3. The second kappa shape index (κ2) is 10.0. The van der Waals surface area contributed by atoms with Gasteiger partial charge in [-0.1, -0.05) is 71.7 Å². The number of fused-ring (bicyclic) bond motifs is 7. The Balaban J connectivity index is 1.34. The average Bonchev–Trinajstić information content (AvgIpc) is 2.93. The smallest absolute Gasteiger partial charge is 0.302 e. The van der Waals surface area contributed by atoms with Gasteiger partial charge in [-0.25, -0.2) is 0 Å². The first-order chi connectivity index (χ1) is 20.4. The van der Waals surface area contributed by atoms with E-state index in [4.69, 9.17) is 4.74 Å². The topological polar surface area (TPSA) is 72.5 Å². The van der Waals surface area contributed by atoms with Crippen LogP contribution in [0, 0.1) is 57.2 Å². The SMILES string of the molecule is CC(=O)O[C@@H]1CC[C@]2(C)[C@H](CC[C@]3(C)[C@@H]2C(=O)C=C2[C@@H]4C[C@](C)(C(=O)Nc5ccc(C)cc5)CC[C@@]4(C)CC[C@]23C)C1(C)C. The van der Waals surface area contributed by atoms with Gasteiger partial charge in [-0.05, 0) is 116 Å². The quantitative estimate of drug-likeness (QED) is 0.351. The second-order valence-corrected chi connectivity index (χ2v) is 17.5.